The van der Waals surface area contributed by atoms with Crippen LogP contribution in [0.25, 0.3) is 0 Å². The Morgan fingerprint density at radius 1 is 0.946 bits per heavy atom. The number of hydrogen-bond donors (Lipinski definition) is 1. The van der Waals surface area contributed by atoms with Crippen molar-refractivity contribution in [1.82, 2.24) is 10.2 Å². The fraction of sp³-hybridized carbons (Fsp3) is 0.355. The molecule has 6 heteroatoms. The van der Waals surface area contributed by atoms with Crippen LogP contribution in [0.3, 0.4) is 0 Å². The summed E-state index contributed by atoms with van der Waals surface area (Å²) in [5.74, 6) is -0.0772. The van der Waals surface area contributed by atoms with Gasteiger partial charge in [-0.1, -0.05) is 79.6 Å². The molecule has 3 rings (SSSR count). The zero-order chi connectivity index (χ0) is 26.5. The second-order valence-electron chi connectivity index (χ2n) is 9.23. The van der Waals surface area contributed by atoms with Gasteiger partial charge in [0.25, 0.3) is 0 Å². The first-order valence-corrected chi connectivity index (χ1v) is 13.0. The molecule has 196 valence electrons. The average molecular weight is 505 g/mol. The molecule has 0 radical (unpaired) electrons. The van der Waals surface area contributed by atoms with E-state index in [0.29, 0.717) is 31.6 Å². The topological polar surface area (TPSA) is 58.6 Å². The molecule has 2 amide bonds. The SMILES string of the molecule is CCCCNC(=O)[C@@H](Cc1ccccc1)N(Cc1ccccc1F)C(=O)CCCOc1ccc(C)cc1. The molecule has 0 heterocycles. The van der Waals surface area contributed by atoms with Crippen LogP contribution in [0.2, 0.25) is 0 Å². The minimum absolute atomic E-state index is 0.0169. The van der Waals surface area contributed by atoms with E-state index in [1.165, 1.54) is 11.0 Å². The minimum atomic E-state index is -0.760. The highest BCUT2D eigenvalue weighted by molar-refractivity contribution is 5.88. The number of carbonyl (C=O) groups is 2. The molecule has 0 fully saturated rings. The van der Waals surface area contributed by atoms with Crippen LogP contribution < -0.4 is 10.1 Å². The van der Waals surface area contributed by atoms with E-state index < -0.39 is 11.9 Å². The summed E-state index contributed by atoms with van der Waals surface area (Å²) < 4.78 is 20.4. The van der Waals surface area contributed by atoms with Crippen LogP contribution in [-0.4, -0.2) is 35.9 Å². The predicted molar refractivity (Wildman–Crippen MR) is 145 cm³/mol. The van der Waals surface area contributed by atoms with Crippen molar-refractivity contribution in [2.75, 3.05) is 13.2 Å². The van der Waals surface area contributed by atoms with Crippen LogP contribution >= 0.6 is 0 Å². The molecule has 0 spiro atoms. The minimum Gasteiger partial charge on any atom is -0.494 e. The zero-order valence-corrected chi connectivity index (χ0v) is 21.8. The summed E-state index contributed by atoms with van der Waals surface area (Å²) >= 11 is 0. The average Bonchev–Trinajstić information content (AvgIpc) is 2.91. The van der Waals surface area contributed by atoms with Crippen LogP contribution in [0, 0.1) is 12.7 Å². The number of nitrogens with zero attached hydrogens (tertiary/aromatic N) is 1. The second-order valence-corrected chi connectivity index (χ2v) is 9.23. The molecule has 0 bridgehead atoms. The van der Waals surface area contributed by atoms with Crippen molar-refractivity contribution >= 4 is 11.8 Å². The summed E-state index contributed by atoms with van der Waals surface area (Å²) in [6.45, 7) is 4.99. The van der Waals surface area contributed by atoms with Gasteiger partial charge in [-0.3, -0.25) is 9.59 Å². The zero-order valence-electron chi connectivity index (χ0n) is 21.8. The summed E-state index contributed by atoms with van der Waals surface area (Å²) in [6.07, 6.45) is 2.81. The lowest BCUT2D eigenvalue weighted by Gasteiger charge is -2.32. The van der Waals surface area contributed by atoms with E-state index in [4.69, 9.17) is 4.74 Å². The van der Waals surface area contributed by atoms with Gasteiger partial charge in [-0.2, -0.15) is 0 Å². The number of unbranched alkanes of at least 4 members (excludes halogenated alkanes) is 1. The molecule has 0 aromatic heterocycles. The Bertz CT molecular complexity index is 1120. The maximum absolute atomic E-state index is 14.6. The maximum Gasteiger partial charge on any atom is 0.243 e. The fourth-order valence-electron chi connectivity index (χ4n) is 4.06. The second kappa shape index (κ2) is 14.8. The Morgan fingerprint density at radius 3 is 2.35 bits per heavy atom. The number of rotatable bonds is 14. The third-order valence-corrected chi connectivity index (χ3v) is 6.22. The first kappa shape index (κ1) is 27.9. The highest BCUT2D eigenvalue weighted by Gasteiger charge is 2.30. The Balaban J connectivity index is 1.78. The van der Waals surface area contributed by atoms with Gasteiger partial charge in [0.1, 0.15) is 17.6 Å². The van der Waals surface area contributed by atoms with E-state index in [1.54, 1.807) is 18.2 Å². The van der Waals surface area contributed by atoms with Crippen molar-refractivity contribution in [2.24, 2.45) is 0 Å². The first-order valence-electron chi connectivity index (χ1n) is 13.0. The third kappa shape index (κ3) is 9.05. The molecule has 3 aromatic rings. The Hall–Kier alpha value is -3.67. The van der Waals surface area contributed by atoms with Crippen molar-refractivity contribution in [3.63, 3.8) is 0 Å². The Kier molecular flexibility index (Phi) is 11.2. The van der Waals surface area contributed by atoms with Gasteiger partial charge in [-0.25, -0.2) is 4.39 Å². The van der Waals surface area contributed by atoms with Crippen LogP contribution in [0.4, 0.5) is 4.39 Å². The van der Waals surface area contributed by atoms with E-state index in [-0.39, 0.29) is 24.8 Å². The molecule has 0 aliphatic heterocycles. The molecule has 3 aromatic carbocycles. The molecule has 1 atom stereocenters. The summed E-state index contributed by atoms with van der Waals surface area (Å²) in [7, 11) is 0. The molecule has 5 nitrogen and oxygen atoms in total. The largest absolute Gasteiger partial charge is 0.494 e. The number of halogens is 1. The number of nitrogens with one attached hydrogen (secondary N) is 1. The number of ether oxygens (including phenoxy) is 1. The van der Waals surface area contributed by atoms with Gasteiger partial charge in [0.15, 0.2) is 0 Å². The van der Waals surface area contributed by atoms with E-state index in [2.05, 4.69) is 12.2 Å². The van der Waals surface area contributed by atoms with Crippen LogP contribution in [0.15, 0.2) is 78.9 Å². The van der Waals surface area contributed by atoms with Gasteiger partial charge < -0.3 is 15.0 Å². The number of amides is 2. The molecular formula is C31H37FN2O3. The normalized spacial score (nSPS) is 11.5. The smallest absolute Gasteiger partial charge is 0.243 e. The monoisotopic (exact) mass is 504 g/mol. The molecular weight excluding hydrogens is 467 g/mol. The number of aryl methyl sites for hydroxylation is 1. The molecule has 0 saturated heterocycles. The van der Waals surface area contributed by atoms with Crippen molar-refractivity contribution < 1.29 is 18.7 Å². The van der Waals surface area contributed by atoms with Crippen LogP contribution in [0.5, 0.6) is 5.75 Å². The quantitative estimate of drug-likeness (QED) is 0.280. The van der Waals surface area contributed by atoms with Gasteiger partial charge in [-0.15, -0.1) is 0 Å². The Labute approximate surface area is 219 Å². The van der Waals surface area contributed by atoms with Crippen molar-refractivity contribution in [3.05, 3.63) is 101 Å². The standard InChI is InChI=1S/C31H37FN2O3/c1-3-4-20-33-31(36)29(22-25-11-6-5-7-12-25)34(23-26-13-8-9-14-28(26)32)30(35)15-10-21-37-27-18-16-24(2)17-19-27/h5-9,11-14,16-19,29H,3-4,10,15,20-23H2,1-2H3,(H,33,36)/t29-/m1/s1. The van der Waals surface area contributed by atoms with Crippen molar-refractivity contribution in [2.45, 2.75) is 58.5 Å². The third-order valence-electron chi connectivity index (χ3n) is 6.22. The number of benzene rings is 3. The predicted octanol–water partition coefficient (Wildman–Crippen LogP) is 5.85. The summed E-state index contributed by atoms with van der Waals surface area (Å²) in [5, 5.41) is 2.98. The summed E-state index contributed by atoms with van der Waals surface area (Å²) in [4.78, 5) is 28.4. The van der Waals surface area contributed by atoms with Crippen LogP contribution in [-0.2, 0) is 22.6 Å². The van der Waals surface area contributed by atoms with E-state index in [9.17, 15) is 14.0 Å². The highest BCUT2D eigenvalue weighted by atomic mass is 19.1. The molecule has 0 aliphatic rings. The maximum atomic E-state index is 14.6. The van der Waals surface area contributed by atoms with Gasteiger partial charge in [0, 0.05) is 31.5 Å². The highest BCUT2D eigenvalue weighted by Crippen LogP contribution is 2.19. The lowest BCUT2D eigenvalue weighted by molar-refractivity contribution is -0.141. The van der Waals surface area contributed by atoms with Gasteiger partial charge in [0.2, 0.25) is 11.8 Å². The Morgan fingerprint density at radius 2 is 1.65 bits per heavy atom. The molecule has 37 heavy (non-hydrogen) atoms. The van der Waals surface area contributed by atoms with Gasteiger partial charge in [-0.05, 0) is 43.5 Å². The van der Waals surface area contributed by atoms with E-state index >= 15 is 0 Å². The van der Waals surface area contributed by atoms with Crippen LogP contribution in [0.1, 0.15) is 49.3 Å². The lowest BCUT2D eigenvalue weighted by atomic mass is 10.0. The molecule has 0 aliphatic carbocycles. The van der Waals surface area contributed by atoms with E-state index in [1.807, 2.05) is 61.5 Å². The van der Waals surface area contributed by atoms with Crippen molar-refractivity contribution in [1.29, 1.82) is 0 Å². The summed E-state index contributed by atoms with van der Waals surface area (Å²) in [6, 6.07) is 23.0. The van der Waals surface area contributed by atoms with E-state index in [0.717, 1.165) is 29.7 Å². The number of hydrogen-bond acceptors (Lipinski definition) is 3. The first-order chi connectivity index (χ1) is 18.0. The van der Waals surface area contributed by atoms with Gasteiger partial charge in [0.05, 0.1) is 6.61 Å². The molecule has 1 N–H and O–H groups in total. The van der Waals surface area contributed by atoms with Crippen molar-refractivity contribution in [3.8, 4) is 5.75 Å². The molecule has 0 unspecified atom stereocenters. The van der Waals surface area contributed by atoms with Gasteiger partial charge >= 0.3 is 0 Å². The number of carbonyl (C=O) groups excluding carboxylic acids is 2. The molecule has 0 saturated carbocycles. The lowest BCUT2D eigenvalue weighted by Crippen LogP contribution is -2.50. The fourth-order valence-corrected chi connectivity index (χ4v) is 4.06. The summed E-state index contributed by atoms with van der Waals surface area (Å²) in [5.41, 5.74) is 2.46.